The lowest BCUT2D eigenvalue weighted by atomic mass is 9.93. The number of fused-ring (bicyclic) bond motifs is 1. The van der Waals surface area contributed by atoms with E-state index >= 15 is 0 Å². The van der Waals surface area contributed by atoms with Crippen LogP contribution in [-0.4, -0.2) is 43.0 Å². The first kappa shape index (κ1) is 17.9. The highest BCUT2D eigenvalue weighted by molar-refractivity contribution is 6.32. The SMILES string of the molecule is NC(=O)CCC1CCCN(C(=O)Cc2cc(Cl)c3c(c2)OCCO3)C1. The number of carbonyl (C=O) groups is 2. The van der Waals surface area contributed by atoms with E-state index in [4.69, 9.17) is 26.8 Å². The van der Waals surface area contributed by atoms with Crippen molar-refractivity contribution in [2.24, 2.45) is 11.7 Å². The Morgan fingerprint density at radius 2 is 2.08 bits per heavy atom. The van der Waals surface area contributed by atoms with E-state index in [0.717, 1.165) is 31.4 Å². The third kappa shape index (κ3) is 4.57. The van der Waals surface area contributed by atoms with Gasteiger partial charge in [-0.2, -0.15) is 0 Å². The van der Waals surface area contributed by atoms with E-state index < -0.39 is 0 Å². The van der Waals surface area contributed by atoms with Gasteiger partial charge in [0.15, 0.2) is 11.5 Å². The summed E-state index contributed by atoms with van der Waals surface area (Å²) in [4.78, 5) is 25.5. The van der Waals surface area contributed by atoms with E-state index in [1.165, 1.54) is 0 Å². The Bertz CT molecular complexity index is 665. The van der Waals surface area contributed by atoms with Crippen molar-refractivity contribution >= 4 is 23.4 Å². The number of ether oxygens (including phenoxy) is 2. The molecule has 7 heteroatoms. The molecule has 0 aliphatic carbocycles. The number of benzene rings is 1. The molecule has 1 aromatic carbocycles. The lowest BCUT2D eigenvalue weighted by Gasteiger charge is -2.33. The Morgan fingerprint density at radius 1 is 1.28 bits per heavy atom. The Balaban J connectivity index is 1.62. The zero-order chi connectivity index (χ0) is 17.8. The van der Waals surface area contributed by atoms with E-state index in [0.29, 0.717) is 48.6 Å². The fraction of sp³-hybridized carbons (Fsp3) is 0.556. The van der Waals surface area contributed by atoms with Gasteiger partial charge in [0.25, 0.3) is 0 Å². The molecule has 1 fully saturated rings. The zero-order valence-corrected chi connectivity index (χ0v) is 14.9. The molecule has 1 aromatic rings. The second kappa shape index (κ2) is 7.95. The molecule has 1 saturated heterocycles. The van der Waals surface area contributed by atoms with Crippen LogP contribution in [0.3, 0.4) is 0 Å². The highest BCUT2D eigenvalue weighted by atomic mass is 35.5. The summed E-state index contributed by atoms with van der Waals surface area (Å²) in [5.41, 5.74) is 6.04. The summed E-state index contributed by atoms with van der Waals surface area (Å²) < 4.78 is 11.1. The molecule has 6 nitrogen and oxygen atoms in total. The van der Waals surface area contributed by atoms with Crippen molar-refractivity contribution in [3.05, 3.63) is 22.7 Å². The molecule has 0 spiro atoms. The standard InChI is InChI=1S/C18H23ClN2O4/c19-14-8-13(9-15-18(14)25-7-6-24-15)10-17(23)21-5-1-2-12(11-21)3-4-16(20)22/h8-9,12H,1-7,10-11H2,(H2,20,22). The summed E-state index contributed by atoms with van der Waals surface area (Å²) in [5.74, 6) is 1.27. The number of carbonyl (C=O) groups excluding carboxylic acids is 2. The maximum atomic E-state index is 12.6. The average Bonchev–Trinajstić information content (AvgIpc) is 2.60. The highest BCUT2D eigenvalue weighted by Crippen LogP contribution is 2.38. The Hall–Kier alpha value is -1.95. The molecule has 25 heavy (non-hydrogen) atoms. The van der Waals surface area contributed by atoms with Gasteiger partial charge >= 0.3 is 0 Å². The minimum atomic E-state index is -0.283. The van der Waals surface area contributed by atoms with Crippen molar-refractivity contribution in [1.82, 2.24) is 4.90 Å². The maximum Gasteiger partial charge on any atom is 0.227 e. The number of hydrogen-bond donors (Lipinski definition) is 1. The largest absolute Gasteiger partial charge is 0.486 e. The molecule has 3 rings (SSSR count). The summed E-state index contributed by atoms with van der Waals surface area (Å²) in [6.07, 6.45) is 3.39. The minimum Gasteiger partial charge on any atom is -0.486 e. The zero-order valence-electron chi connectivity index (χ0n) is 14.1. The van der Waals surface area contributed by atoms with E-state index in [-0.39, 0.29) is 18.2 Å². The van der Waals surface area contributed by atoms with Gasteiger partial charge in [0.1, 0.15) is 13.2 Å². The van der Waals surface area contributed by atoms with Gasteiger partial charge in [-0.1, -0.05) is 11.6 Å². The number of nitrogens with two attached hydrogens (primary N) is 1. The maximum absolute atomic E-state index is 12.6. The average molecular weight is 367 g/mol. The van der Waals surface area contributed by atoms with Crippen molar-refractivity contribution < 1.29 is 19.1 Å². The molecule has 1 unspecified atom stereocenters. The van der Waals surface area contributed by atoms with Crippen LogP contribution < -0.4 is 15.2 Å². The van der Waals surface area contributed by atoms with E-state index in [9.17, 15) is 9.59 Å². The van der Waals surface area contributed by atoms with E-state index in [1.54, 1.807) is 6.07 Å². The van der Waals surface area contributed by atoms with Crippen molar-refractivity contribution in [3.63, 3.8) is 0 Å². The quantitative estimate of drug-likeness (QED) is 0.865. The van der Waals surface area contributed by atoms with Gasteiger partial charge in [-0.05, 0) is 42.9 Å². The Labute approximate surface area is 152 Å². The second-order valence-corrected chi connectivity index (χ2v) is 7.04. The van der Waals surface area contributed by atoms with Gasteiger partial charge in [-0.3, -0.25) is 9.59 Å². The lowest BCUT2D eigenvalue weighted by molar-refractivity contribution is -0.132. The van der Waals surface area contributed by atoms with Crippen molar-refractivity contribution in [2.45, 2.75) is 32.1 Å². The van der Waals surface area contributed by atoms with Gasteiger partial charge in [0.2, 0.25) is 11.8 Å². The number of rotatable bonds is 5. The van der Waals surface area contributed by atoms with Crippen LogP contribution in [0.5, 0.6) is 11.5 Å². The van der Waals surface area contributed by atoms with Crippen LogP contribution in [-0.2, 0) is 16.0 Å². The van der Waals surface area contributed by atoms with E-state index in [1.807, 2.05) is 11.0 Å². The molecule has 1 atom stereocenters. The number of amides is 2. The smallest absolute Gasteiger partial charge is 0.227 e. The monoisotopic (exact) mass is 366 g/mol. The first-order valence-electron chi connectivity index (χ1n) is 8.67. The number of hydrogen-bond acceptors (Lipinski definition) is 4. The Morgan fingerprint density at radius 3 is 2.88 bits per heavy atom. The molecule has 2 N–H and O–H groups in total. The third-order valence-electron chi connectivity index (χ3n) is 4.68. The fourth-order valence-electron chi connectivity index (χ4n) is 3.43. The number of likely N-dealkylation sites (tertiary alicyclic amines) is 1. The van der Waals surface area contributed by atoms with E-state index in [2.05, 4.69) is 0 Å². The molecule has 2 heterocycles. The number of primary amides is 1. The summed E-state index contributed by atoms with van der Waals surface area (Å²) in [6.45, 7) is 2.40. The van der Waals surface area contributed by atoms with Crippen LogP contribution in [0.25, 0.3) is 0 Å². The summed E-state index contributed by atoms with van der Waals surface area (Å²) >= 11 is 6.24. The van der Waals surface area contributed by atoms with Crippen LogP contribution in [0, 0.1) is 5.92 Å². The summed E-state index contributed by atoms with van der Waals surface area (Å²) in [6, 6.07) is 3.59. The predicted octanol–water partition coefficient (Wildman–Crippen LogP) is 2.16. The molecule has 0 saturated carbocycles. The first-order chi connectivity index (χ1) is 12.0. The van der Waals surface area contributed by atoms with Gasteiger partial charge in [-0.15, -0.1) is 0 Å². The molecular formula is C18H23ClN2O4. The number of nitrogens with zero attached hydrogens (tertiary/aromatic N) is 1. The van der Waals surface area contributed by atoms with Gasteiger partial charge < -0.3 is 20.1 Å². The van der Waals surface area contributed by atoms with Crippen molar-refractivity contribution in [3.8, 4) is 11.5 Å². The molecular weight excluding hydrogens is 344 g/mol. The molecule has 0 bridgehead atoms. The minimum absolute atomic E-state index is 0.0662. The summed E-state index contributed by atoms with van der Waals surface area (Å²) in [5, 5.41) is 0.470. The highest BCUT2D eigenvalue weighted by Gasteiger charge is 2.25. The molecule has 0 radical (unpaired) electrons. The normalized spacial score (nSPS) is 19.6. The predicted molar refractivity (Wildman–Crippen MR) is 93.9 cm³/mol. The second-order valence-electron chi connectivity index (χ2n) is 6.63. The molecule has 0 aromatic heterocycles. The van der Waals surface area contributed by atoms with Crippen LogP contribution in [0.2, 0.25) is 5.02 Å². The van der Waals surface area contributed by atoms with Crippen molar-refractivity contribution in [2.75, 3.05) is 26.3 Å². The van der Waals surface area contributed by atoms with Crippen LogP contribution in [0.15, 0.2) is 12.1 Å². The van der Waals surface area contributed by atoms with Gasteiger partial charge in [0, 0.05) is 19.5 Å². The topological polar surface area (TPSA) is 81.9 Å². The molecule has 2 aliphatic rings. The summed E-state index contributed by atoms with van der Waals surface area (Å²) in [7, 11) is 0. The van der Waals surface area contributed by atoms with Crippen molar-refractivity contribution in [1.29, 1.82) is 0 Å². The molecule has 2 amide bonds. The van der Waals surface area contributed by atoms with Gasteiger partial charge in [-0.25, -0.2) is 0 Å². The molecule has 2 aliphatic heterocycles. The first-order valence-corrected chi connectivity index (χ1v) is 9.05. The fourth-order valence-corrected chi connectivity index (χ4v) is 3.71. The van der Waals surface area contributed by atoms with Crippen LogP contribution in [0.1, 0.15) is 31.2 Å². The third-order valence-corrected chi connectivity index (χ3v) is 4.96. The number of halogens is 1. The lowest BCUT2D eigenvalue weighted by Crippen LogP contribution is -2.41. The number of piperidine rings is 1. The van der Waals surface area contributed by atoms with Crippen LogP contribution in [0.4, 0.5) is 0 Å². The Kier molecular flexibility index (Phi) is 5.68. The molecule has 136 valence electrons. The van der Waals surface area contributed by atoms with Crippen LogP contribution >= 0.6 is 11.6 Å². The van der Waals surface area contributed by atoms with Gasteiger partial charge in [0.05, 0.1) is 11.4 Å².